The maximum Gasteiger partial charge on any atom is 0.453 e. The van der Waals surface area contributed by atoms with Crippen molar-refractivity contribution < 1.29 is 18.0 Å². The second-order valence-electron chi connectivity index (χ2n) is 6.21. The molecule has 0 saturated heterocycles. The van der Waals surface area contributed by atoms with Crippen molar-refractivity contribution in [3.05, 3.63) is 46.2 Å². The molecule has 0 spiro atoms. The molecule has 29 heavy (non-hydrogen) atoms. The number of aromatic nitrogens is 4. The highest BCUT2D eigenvalue weighted by Gasteiger charge is 2.38. The summed E-state index contributed by atoms with van der Waals surface area (Å²) in [5.41, 5.74) is 3.44. The molecule has 0 saturated carbocycles. The number of hydrogen-bond acceptors (Lipinski definition) is 7. The third-order valence-corrected chi connectivity index (χ3v) is 5.91. The van der Waals surface area contributed by atoms with Crippen LogP contribution in [0.5, 0.6) is 0 Å². The van der Waals surface area contributed by atoms with Crippen molar-refractivity contribution in [1.82, 2.24) is 19.9 Å². The number of nitrogens with two attached hydrogens (primary N) is 1. The van der Waals surface area contributed by atoms with Crippen molar-refractivity contribution in [1.29, 1.82) is 0 Å². The third-order valence-electron chi connectivity index (χ3n) is 4.06. The van der Waals surface area contributed by atoms with E-state index in [-0.39, 0.29) is 16.8 Å². The van der Waals surface area contributed by atoms with Gasteiger partial charge in [-0.3, -0.25) is 9.69 Å². The molecule has 1 aromatic carbocycles. The highest BCUT2D eigenvalue weighted by atomic mass is 32.2. The molecule has 0 fully saturated rings. The molecule has 1 amide bonds. The molecular formula is C17H17F3N6OS2. The molecule has 12 heteroatoms. The normalized spacial score (nSPS) is 11.7. The van der Waals surface area contributed by atoms with Crippen LogP contribution in [-0.4, -0.2) is 25.8 Å². The van der Waals surface area contributed by atoms with Crippen LogP contribution in [0.4, 0.5) is 24.0 Å². The number of hydrogen-bond donors (Lipinski definition) is 1. The summed E-state index contributed by atoms with van der Waals surface area (Å²) < 4.78 is 38.7. The molecule has 0 aliphatic carbocycles. The van der Waals surface area contributed by atoms with Gasteiger partial charge in [-0.05, 0) is 37.1 Å². The molecule has 2 N–H and O–H groups in total. The fourth-order valence-electron chi connectivity index (χ4n) is 2.46. The van der Waals surface area contributed by atoms with Crippen LogP contribution < -0.4 is 10.7 Å². The quantitative estimate of drug-likeness (QED) is 0.473. The number of thiazole rings is 1. The van der Waals surface area contributed by atoms with Crippen molar-refractivity contribution in [3.8, 4) is 0 Å². The summed E-state index contributed by atoms with van der Waals surface area (Å²) in [5, 5.41) is 8.69. The Morgan fingerprint density at radius 3 is 2.59 bits per heavy atom. The van der Waals surface area contributed by atoms with E-state index in [1.54, 1.807) is 5.38 Å². The zero-order valence-electron chi connectivity index (χ0n) is 15.7. The van der Waals surface area contributed by atoms with Crippen LogP contribution in [0.3, 0.4) is 0 Å². The number of carbonyl (C=O) groups excluding carboxylic acids is 1. The van der Waals surface area contributed by atoms with Crippen LogP contribution in [-0.2, 0) is 16.7 Å². The number of thioether (sulfide) groups is 1. The molecule has 0 aliphatic heterocycles. The first kappa shape index (κ1) is 21.1. The third kappa shape index (κ3) is 4.53. The molecule has 2 aromatic heterocycles. The number of aryl methyl sites for hydroxylation is 2. The number of benzene rings is 1. The van der Waals surface area contributed by atoms with Crippen LogP contribution in [0.15, 0.2) is 28.7 Å². The topological polar surface area (TPSA) is 89.9 Å². The first-order chi connectivity index (χ1) is 13.6. The van der Waals surface area contributed by atoms with Gasteiger partial charge in [-0.2, -0.15) is 13.2 Å². The average Bonchev–Trinajstić information content (AvgIpc) is 3.22. The lowest BCUT2D eigenvalue weighted by molar-refractivity contribution is -0.146. The Labute approximate surface area is 172 Å². The van der Waals surface area contributed by atoms with Crippen LogP contribution in [0.25, 0.3) is 0 Å². The highest BCUT2D eigenvalue weighted by molar-refractivity contribution is 7.98. The van der Waals surface area contributed by atoms with E-state index in [9.17, 15) is 18.0 Å². The number of alkyl halides is 3. The zero-order chi connectivity index (χ0) is 21.3. The van der Waals surface area contributed by atoms with E-state index in [2.05, 4.69) is 15.2 Å². The van der Waals surface area contributed by atoms with Gasteiger partial charge in [-0.25, -0.2) is 9.66 Å². The Morgan fingerprint density at radius 1 is 1.28 bits per heavy atom. The fourth-order valence-corrected chi connectivity index (χ4v) is 4.21. The van der Waals surface area contributed by atoms with E-state index >= 15 is 0 Å². The first-order valence-electron chi connectivity index (χ1n) is 8.30. The number of anilines is 2. The van der Waals surface area contributed by atoms with Crippen molar-refractivity contribution in [2.75, 3.05) is 10.7 Å². The predicted molar refractivity (Wildman–Crippen MR) is 106 cm³/mol. The van der Waals surface area contributed by atoms with E-state index in [1.807, 2.05) is 32.0 Å². The molecule has 0 atom stereocenters. The van der Waals surface area contributed by atoms with E-state index in [1.165, 1.54) is 23.2 Å². The summed E-state index contributed by atoms with van der Waals surface area (Å²) in [6.07, 6.45) is -4.68. The number of rotatable bonds is 5. The van der Waals surface area contributed by atoms with Crippen LogP contribution in [0.2, 0.25) is 0 Å². The molecular weight excluding hydrogens is 425 g/mol. The minimum atomic E-state index is -4.68. The zero-order valence-corrected chi connectivity index (χ0v) is 17.3. The summed E-state index contributed by atoms with van der Waals surface area (Å²) in [5.74, 6) is 4.19. The van der Waals surface area contributed by atoms with E-state index in [0.29, 0.717) is 21.2 Å². The molecule has 2 heterocycles. The van der Waals surface area contributed by atoms with Gasteiger partial charge in [0, 0.05) is 18.1 Å². The molecule has 0 aliphatic rings. The summed E-state index contributed by atoms with van der Waals surface area (Å²) in [4.78, 5) is 18.2. The van der Waals surface area contributed by atoms with Gasteiger partial charge in [0.1, 0.15) is 0 Å². The Hall–Kier alpha value is -2.60. The van der Waals surface area contributed by atoms with Gasteiger partial charge < -0.3 is 5.84 Å². The largest absolute Gasteiger partial charge is 0.453 e. The summed E-state index contributed by atoms with van der Waals surface area (Å²) in [7, 11) is 0. The van der Waals surface area contributed by atoms with Gasteiger partial charge in [-0.1, -0.05) is 17.8 Å². The first-order valence-corrected chi connectivity index (χ1v) is 10.2. The molecule has 3 rings (SSSR count). The van der Waals surface area contributed by atoms with Gasteiger partial charge >= 0.3 is 6.18 Å². The maximum atomic E-state index is 12.7. The van der Waals surface area contributed by atoms with Gasteiger partial charge in [0.05, 0.1) is 11.4 Å². The van der Waals surface area contributed by atoms with Crippen LogP contribution in [0.1, 0.15) is 29.6 Å². The van der Waals surface area contributed by atoms with Gasteiger partial charge in [0.25, 0.3) is 5.82 Å². The molecule has 0 radical (unpaired) electrons. The highest BCUT2D eigenvalue weighted by Crippen LogP contribution is 2.33. The molecule has 3 aromatic rings. The monoisotopic (exact) mass is 442 g/mol. The summed E-state index contributed by atoms with van der Waals surface area (Å²) >= 11 is 2.24. The Balaban J connectivity index is 1.78. The number of halogens is 3. The standard InChI is InChI=1S/C17H17F3N6OS2/c1-9-4-5-13(6-10(9)2)25(11(3)27)15-22-12(7-28-15)8-29-16-24-23-14(26(16)21)17(18,19)20/h4-7H,8,21H2,1-3H3. The number of nitrogen functional groups attached to an aromatic ring is 1. The molecule has 0 unspecified atom stereocenters. The molecule has 7 nitrogen and oxygen atoms in total. The van der Waals surface area contributed by atoms with Crippen molar-refractivity contribution in [2.24, 2.45) is 0 Å². The minimum absolute atomic E-state index is 0.0792. The van der Waals surface area contributed by atoms with E-state index < -0.39 is 12.0 Å². The summed E-state index contributed by atoms with van der Waals surface area (Å²) in [6, 6.07) is 5.68. The van der Waals surface area contributed by atoms with Gasteiger partial charge in [-0.15, -0.1) is 21.5 Å². The van der Waals surface area contributed by atoms with Crippen molar-refractivity contribution in [2.45, 2.75) is 37.9 Å². The van der Waals surface area contributed by atoms with Crippen molar-refractivity contribution >= 4 is 39.8 Å². The second-order valence-corrected chi connectivity index (χ2v) is 7.99. The lowest BCUT2D eigenvalue weighted by Gasteiger charge is -2.19. The van der Waals surface area contributed by atoms with E-state index in [0.717, 1.165) is 22.9 Å². The Bertz CT molecular complexity index is 1050. The lowest BCUT2D eigenvalue weighted by atomic mass is 10.1. The van der Waals surface area contributed by atoms with E-state index in [4.69, 9.17) is 5.84 Å². The smallest absolute Gasteiger partial charge is 0.335 e. The lowest BCUT2D eigenvalue weighted by Crippen LogP contribution is -2.22. The van der Waals surface area contributed by atoms with Crippen molar-refractivity contribution in [3.63, 3.8) is 0 Å². The van der Waals surface area contributed by atoms with Gasteiger partial charge in [0.15, 0.2) is 5.13 Å². The summed E-state index contributed by atoms with van der Waals surface area (Å²) in [6.45, 7) is 5.39. The minimum Gasteiger partial charge on any atom is -0.335 e. The maximum absolute atomic E-state index is 12.7. The second kappa shape index (κ2) is 8.03. The number of carbonyl (C=O) groups is 1. The predicted octanol–water partition coefficient (Wildman–Crippen LogP) is 4.06. The molecule has 0 bridgehead atoms. The van der Waals surface area contributed by atoms with Gasteiger partial charge in [0.2, 0.25) is 11.1 Å². The fraction of sp³-hybridized carbons (Fsp3) is 0.294. The Kier molecular flexibility index (Phi) is 5.85. The Morgan fingerprint density at radius 2 is 2.00 bits per heavy atom. The number of amides is 1. The molecule has 154 valence electrons. The number of nitrogens with zero attached hydrogens (tertiary/aromatic N) is 5. The average molecular weight is 442 g/mol. The van der Waals surface area contributed by atoms with Crippen LogP contribution in [0, 0.1) is 13.8 Å². The SMILES string of the molecule is CC(=O)N(c1ccc(C)c(C)c1)c1nc(CSc2nnc(C(F)(F)F)n2N)cs1. The van der Waals surface area contributed by atoms with Crippen LogP contribution >= 0.6 is 23.1 Å².